The fourth-order valence-corrected chi connectivity index (χ4v) is 2.87. The first-order valence-corrected chi connectivity index (χ1v) is 5.55. The molecule has 2 rings (SSSR count). The molecular formula is C10H14N2OS. The molecule has 4 heteroatoms. The fourth-order valence-electron chi connectivity index (χ4n) is 1.91. The molecule has 0 radical (unpaired) electrons. The lowest BCUT2D eigenvalue weighted by molar-refractivity contribution is -0.119. The molecule has 76 valence electrons. The number of amides is 1. The van der Waals surface area contributed by atoms with Crippen molar-refractivity contribution in [2.75, 3.05) is 0 Å². The molecule has 14 heavy (non-hydrogen) atoms. The van der Waals surface area contributed by atoms with E-state index in [4.69, 9.17) is 0 Å². The lowest BCUT2D eigenvalue weighted by Crippen LogP contribution is -2.48. The maximum Gasteiger partial charge on any atom is 0.221 e. The first-order valence-electron chi connectivity index (χ1n) is 4.67. The van der Waals surface area contributed by atoms with Gasteiger partial charge in [-0.25, -0.2) is 4.98 Å². The van der Waals surface area contributed by atoms with E-state index in [0.717, 1.165) is 5.01 Å². The van der Waals surface area contributed by atoms with Gasteiger partial charge in [0.15, 0.2) is 0 Å². The molecule has 1 amide bonds. The van der Waals surface area contributed by atoms with Gasteiger partial charge < -0.3 is 5.32 Å². The highest BCUT2D eigenvalue weighted by Crippen LogP contribution is 2.43. The zero-order valence-electron chi connectivity index (χ0n) is 8.63. The number of carbonyl (C=O) groups is 1. The van der Waals surface area contributed by atoms with E-state index in [1.165, 1.54) is 0 Å². The summed E-state index contributed by atoms with van der Waals surface area (Å²) in [6, 6.07) is 0. The van der Waals surface area contributed by atoms with E-state index in [2.05, 4.69) is 31.1 Å². The van der Waals surface area contributed by atoms with E-state index in [-0.39, 0.29) is 16.9 Å². The predicted octanol–water partition coefficient (Wildman–Crippen LogP) is 1.70. The van der Waals surface area contributed by atoms with Gasteiger partial charge >= 0.3 is 0 Å². The van der Waals surface area contributed by atoms with Crippen LogP contribution in [-0.4, -0.2) is 16.4 Å². The Morgan fingerprint density at radius 2 is 2.21 bits per heavy atom. The van der Waals surface area contributed by atoms with E-state index in [1.807, 2.05) is 5.38 Å². The van der Waals surface area contributed by atoms with Gasteiger partial charge in [-0.1, -0.05) is 6.92 Å². The van der Waals surface area contributed by atoms with Crippen LogP contribution in [0.25, 0.3) is 0 Å². The quantitative estimate of drug-likeness (QED) is 0.766. The van der Waals surface area contributed by atoms with E-state index < -0.39 is 0 Å². The number of carbonyl (C=O) groups excluding carboxylic acids is 1. The van der Waals surface area contributed by atoms with E-state index in [9.17, 15) is 4.79 Å². The van der Waals surface area contributed by atoms with Crippen LogP contribution in [-0.2, 0) is 10.2 Å². The Hall–Kier alpha value is -0.900. The summed E-state index contributed by atoms with van der Waals surface area (Å²) in [4.78, 5) is 15.8. The molecule has 0 aromatic carbocycles. The van der Waals surface area contributed by atoms with Crippen LogP contribution < -0.4 is 5.32 Å². The molecule has 1 aliphatic rings. The Bertz CT molecular complexity index is 358. The SMILES string of the molecule is CC1(C)NC(=O)CC1(C)c1nccs1. The fraction of sp³-hybridized carbons (Fsp3) is 0.600. The topological polar surface area (TPSA) is 42.0 Å². The molecule has 1 fully saturated rings. The molecule has 0 saturated carbocycles. The van der Waals surface area contributed by atoms with Crippen LogP contribution in [0.2, 0.25) is 0 Å². The average molecular weight is 210 g/mol. The standard InChI is InChI=1S/C10H14N2OS/c1-9(2)10(3,6-7(13)12-9)8-11-4-5-14-8/h4-5H,6H2,1-3H3,(H,12,13). The van der Waals surface area contributed by atoms with E-state index in [1.54, 1.807) is 17.5 Å². The van der Waals surface area contributed by atoms with Crippen LogP contribution in [0.3, 0.4) is 0 Å². The Labute approximate surface area is 87.6 Å². The monoisotopic (exact) mass is 210 g/mol. The van der Waals surface area contributed by atoms with E-state index >= 15 is 0 Å². The molecule has 3 nitrogen and oxygen atoms in total. The molecule has 0 spiro atoms. The Morgan fingerprint density at radius 1 is 1.50 bits per heavy atom. The second-order valence-corrected chi connectivity index (χ2v) is 5.41. The predicted molar refractivity (Wildman–Crippen MR) is 56.3 cm³/mol. The minimum atomic E-state index is -0.206. The average Bonchev–Trinajstić information content (AvgIpc) is 2.58. The maximum atomic E-state index is 11.4. The van der Waals surface area contributed by atoms with Gasteiger partial charge in [0.25, 0.3) is 0 Å². The molecule has 1 N–H and O–H groups in total. The number of hydrogen-bond donors (Lipinski definition) is 1. The number of rotatable bonds is 1. The summed E-state index contributed by atoms with van der Waals surface area (Å²) in [6.07, 6.45) is 2.33. The van der Waals surface area contributed by atoms with Crippen LogP contribution in [0, 0.1) is 0 Å². The highest BCUT2D eigenvalue weighted by molar-refractivity contribution is 7.09. The zero-order chi connectivity index (χ0) is 10.4. The van der Waals surface area contributed by atoms with Crippen molar-refractivity contribution in [1.82, 2.24) is 10.3 Å². The Kier molecular flexibility index (Phi) is 1.93. The van der Waals surface area contributed by atoms with Gasteiger partial charge in [0, 0.05) is 23.5 Å². The third kappa shape index (κ3) is 1.17. The number of nitrogens with one attached hydrogen (secondary N) is 1. The third-order valence-corrected chi connectivity index (χ3v) is 4.29. The highest BCUT2D eigenvalue weighted by Gasteiger charge is 2.51. The van der Waals surface area contributed by atoms with Crippen molar-refractivity contribution in [3.8, 4) is 0 Å². The molecule has 1 unspecified atom stereocenters. The van der Waals surface area contributed by atoms with E-state index in [0.29, 0.717) is 6.42 Å². The lowest BCUT2D eigenvalue weighted by atomic mass is 9.74. The first-order chi connectivity index (χ1) is 6.46. The van der Waals surface area contributed by atoms with Crippen molar-refractivity contribution >= 4 is 17.2 Å². The molecule has 1 aliphatic heterocycles. The summed E-state index contributed by atoms with van der Waals surface area (Å²) in [5.74, 6) is 0.118. The largest absolute Gasteiger partial charge is 0.350 e. The van der Waals surface area contributed by atoms with Gasteiger partial charge in [0.1, 0.15) is 5.01 Å². The van der Waals surface area contributed by atoms with Crippen LogP contribution in [0.1, 0.15) is 32.2 Å². The van der Waals surface area contributed by atoms with Gasteiger partial charge in [0.05, 0.1) is 5.41 Å². The molecule has 0 aliphatic carbocycles. The number of hydrogen-bond acceptors (Lipinski definition) is 3. The number of nitrogens with zero attached hydrogens (tertiary/aromatic N) is 1. The van der Waals surface area contributed by atoms with Crippen molar-refractivity contribution in [3.63, 3.8) is 0 Å². The molecule has 0 bridgehead atoms. The van der Waals surface area contributed by atoms with Crippen LogP contribution >= 0.6 is 11.3 Å². The third-order valence-electron chi connectivity index (χ3n) is 3.25. The summed E-state index contributed by atoms with van der Waals surface area (Å²) < 4.78 is 0. The van der Waals surface area contributed by atoms with Crippen LogP contribution in [0.5, 0.6) is 0 Å². The second-order valence-electron chi connectivity index (χ2n) is 4.52. The first kappa shape index (κ1) is 9.65. The van der Waals surface area contributed by atoms with Crippen molar-refractivity contribution in [1.29, 1.82) is 0 Å². The summed E-state index contributed by atoms with van der Waals surface area (Å²) in [7, 11) is 0. The summed E-state index contributed by atoms with van der Waals surface area (Å²) >= 11 is 1.62. The van der Waals surface area contributed by atoms with Crippen LogP contribution in [0.15, 0.2) is 11.6 Å². The minimum Gasteiger partial charge on any atom is -0.350 e. The van der Waals surface area contributed by atoms with Crippen molar-refractivity contribution in [2.45, 2.75) is 38.1 Å². The highest BCUT2D eigenvalue weighted by atomic mass is 32.1. The Balaban J connectivity index is 2.45. The van der Waals surface area contributed by atoms with Crippen molar-refractivity contribution in [3.05, 3.63) is 16.6 Å². The number of thiazole rings is 1. The smallest absolute Gasteiger partial charge is 0.221 e. The van der Waals surface area contributed by atoms with Crippen molar-refractivity contribution in [2.24, 2.45) is 0 Å². The van der Waals surface area contributed by atoms with Gasteiger partial charge in [-0.2, -0.15) is 0 Å². The molecule has 1 atom stereocenters. The number of aromatic nitrogens is 1. The Morgan fingerprint density at radius 3 is 2.64 bits per heavy atom. The molecule has 1 aromatic rings. The van der Waals surface area contributed by atoms with Crippen LogP contribution in [0.4, 0.5) is 0 Å². The summed E-state index contributed by atoms with van der Waals surface area (Å²) in [5, 5.41) is 6.00. The second kappa shape index (κ2) is 2.79. The van der Waals surface area contributed by atoms with Crippen molar-refractivity contribution < 1.29 is 4.79 Å². The molecule has 1 saturated heterocycles. The normalized spacial score (nSPS) is 30.4. The van der Waals surface area contributed by atoms with Gasteiger partial charge in [-0.3, -0.25) is 4.79 Å². The molecular weight excluding hydrogens is 196 g/mol. The van der Waals surface area contributed by atoms with Gasteiger partial charge in [-0.15, -0.1) is 11.3 Å². The summed E-state index contributed by atoms with van der Waals surface area (Å²) in [6.45, 7) is 6.21. The minimum absolute atomic E-state index is 0.118. The zero-order valence-corrected chi connectivity index (χ0v) is 9.44. The van der Waals surface area contributed by atoms with Gasteiger partial charge in [-0.05, 0) is 13.8 Å². The molecule has 1 aromatic heterocycles. The maximum absolute atomic E-state index is 11.4. The van der Waals surface area contributed by atoms with Gasteiger partial charge in [0.2, 0.25) is 5.91 Å². The lowest BCUT2D eigenvalue weighted by Gasteiger charge is -2.35. The molecule has 2 heterocycles. The summed E-state index contributed by atoms with van der Waals surface area (Å²) in [5.41, 5.74) is -0.375.